The number of amides is 1. The van der Waals surface area contributed by atoms with Gasteiger partial charge in [-0.3, -0.25) is 9.69 Å². The molecule has 4 aliphatic rings. The standard InChI is InChI=1S/C21H30N2O2/c1-3-4-9-19(24)23-14-17(16-7-5-6-8-18(16)25-2)21-20(23)15-10-12-22(21)13-11-15/h5-8,15,17,20-21H,3-4,9-14H2,1-2H3/t17-,20+,21+/m0/s1. The molecule has 136 valence electrons. The Bertz CT molecular complexity index is 624. The predicted octanol–water partition coefficient (Wildman–Crippen LogP) is 3.27. The van der Waals surface area contributed by atoms with Gasteiger partial charge in [-0.15, -0.1) is 0 Å². The van der Waals surface area contributed by atoms with E-state index < -0.39 is 0 Å². The lowest BCUT2D eigenvalue weighted by molar-refractivity contribution is -0.136. The second kappa shape index (κ2) is 6.99. The number of piperidine rings is 3. The molecule has 5 rings (SSSR count). The van der Waals surface area contributed by atoms with Crippen molar-refractivity contribution in [3.05, 3.63) is 29.8 Å². The third kappa shape index (κ3) is 2.84. The van der Waals surface area contributed by atoms with Crippen LogP contribution in [0.1, 0.15) is 50.5 Å². The lowest BCUT2D eigenvalue weighted by Crippen LogP contribution is -2.60. The zero-order chi connectivity index (χ0) is 17.4. The van der Waals surface area contributed by atoms with Gasteiger partial charge in [0.25, 0.3) is 0 Å². The molecule has 0 saturated carbocycles. The minimum Gasteiger partial charge on any atom is -0.496 e. The van der Waals surface area contributed by atoms with Gasteiger partial charge in [0.15, 0.2) is 0 Å². The van der Waals surface area contributed by atoms with Crippen LogP contribution in [-0.4, -0.2) is 54.5 Å². The number of benzene rings is 1. The monoisotopic (exact) mass is 342 g/mol. The summed E-state index contributed by atoms with van der Waals surface area (Å²) in [6, 6.07) is 9.26. The van der Waals surface area contributed by atoms with E-state index in [0.717, 1.165) is 25.1 Å². The first kappa shape index (κ1) is 16.9. The van der Waals surface area contributed by atoms with Crippen molar-refractivity contribution < 1.29 is 9.53 Å². The maximum absolute atomic E-state index is 12.9. The average molecular weight is 342 g/mol. The van der Waals surface area contributed by atoms with Gasteiger partial charge >= 0.3 is 0 Å². The summed E-state index contributed by atoms with van der Waals surface area (Å²) in [7, 11) is 1.75. The molecule has 2 bridgehead atoms. The van der Waals surface area contributed by atoms with Gasteiger partial charge in [-0.05, 0) is 44.3 Å². The Labute approximate surface area is 151 Å². The van der Waals surface area contributed by atoms with Crippen molar-refractivity contribution in [3.63, 3.8) is 0 Å². The normalized spacial score (nSPS) is 33.4. The van der Waals surface area contributed by atoms with Gasteiger partial charge in [0.2, 0.25) is 5.91 Å². The number of ether oxygens (including phenoxy) is 1. The van der Waals surface area contributed by atoms with Crippen LogP contribution in [0.15, 0.2) is 24.3 Å². The van der Waals surface area contributed by atoms with Gasteiger partial charge in [-0.25, -0.2) is 0 Å². The molecule has 0 aliphatic carbocycles. The summed E-state index contributed by atoms with van der Waals surface area (Å²) in [5, 5.41) is 0. The van der Waals surface area contributed by atoms with Crippen LogP contribution in [0.25, 0.3) is 0 Å². The van der Waals surface area contributed by atoms with E-state index in [0.29, 0.717) is 36.2 Å². The molecule has 1 amide bonds. The summed E-state index contributed by atoms with van der Waals surface area (Å²) in [4.78, 5) is 17.8. The van der Waals surface area contributed by atoms with Crippen LogP contribution in [0.4, 0.5) is 0 Å². The van der Waals surface area contributed by atoms with Crippen molar-refractivity contribution in [3.8, 4) is 5.75 Å². The molecule has 0 spiro atoms. The molecule has 0 N–H and O–H groups in total. The third-order valence-corrected chi connectivity index (χ3v) is 6.60. The van der Waals surface area contributed by atoms with Crippen molar-refractivity contribution >= 4 is 5.91 Å². The molecule has 4 heterocycles. The van der Waals surface area contributed by atoms with E-state index >= 15 is 0 Å². The Balaban J connectivity index is 1.67. The highest BCUT2D eigenvalue weighted by Gasteiger charge is 2.54. The average Bonchev–Trinajstić information content (AvgIpc) is 3.09. The number of carbonyl (C=O) groups excluding carboxylic acids is 1. The molecule has 4 saturated heterocycles. The fraction of sp³-hybridized carbons (Fsp3) is 0.667. The van der Waals surface area contributed by atoms with Crippen LogP contribution in [0.3, 0.4) is 0 Å². The molecule has 0 unspecified atom stereocenters. The number of methoxy groups -OCH3 is 1. The Morgan fingerprint density at radius 3 is 2.68 bits per heavy atom. The molecular formula is C21H30N2O2. The molecular weight excluding hydrogens is 312 g/mol. The highest BCUT2D eigenvalue weighted by molar-refractivity contribution is 5.77. The van der Waals surface area contributed by atoms with Crippen molar-refractivity contribution in [2.45, 2.75) is 57.0 Å². The third-order valence-electron chi connectivity index (χ3n) is 6.60. The maximum Gasteiger partial charge on any atom is 0.222 e. The van der Waals surface area contributed by atoms with Crippen LogP contribution in [-0.2, 0) is 4.79 Å². The lowest BCUT2D eigenvalue weighted by atomic mass is 9.75. The van der Waals surface area contributed by atoms with E-state index in [1.54, 1.807) is 7.11 Å². The first-order valence-electron chi connectivity index (χ1n) is 9.91. The molecule has 4 fully saturated rings. The van der Waals surface area contributed by atoms with E-state index in [1.807, 2.05) is 6.07 Å². The lowest BCUT2D eigenvalue weighted by Gasteiger charge is -2.51. The van der Waals surface area contributed by atoms with Crippen molar-refractivity contribution in [2.24, 2.45) is 5.92 Å². The minimum absolute atomic E-state index is 0.364. The minimum atomic E-state index is 0.364. The number of likely N-dealkylation sites (tertiary alicyclic amines) is 1. The summed E-state index contributed by atoms with van der Waals surface area (Å²) in [5.74, 6) is 2.38. The number of unbranched alkanes of at least 4 members (excludes halogenated alkanes) is 1. The Morgan fingerprint density at radius 2 is 1.96 bits per heavy atom. The molecule has 1 aromatic rings. The summed E-state index contributed by atoms with van der Waals surface area (Å²) in [6.45, 7) is 5.39. The highest BCUT2D eigenvalue weighted by atomic mass is 16.5. The molecule has 4 nitrogen and oxygen atoms in total. The second-order valence-corrected chi connectivity index (χ2v) is 7.85. The predicted molar refractivity (Wildman–Crippen MR) is 98.8 cm³/mol. The summed E-state index contributed by atoms with van der Waals surface area (Å²) in [6.07, 6.45) is 5.28. The SMILES string of the molecule is CCCCC(=O)N1C[C@@H](c2ccccc2OC)[C@@H]2[C@H]1C1CCN2CC1. The number of rotatable bonds is 5. The molecule has 0 aromatic heterocycles. The number of hydrogen-bond donors (Lipinski definition) is 0. The van der Waals surface area contributed by atoms with E-state index in [-0.39, 0.29) is 0 Å². The van der Waals surface area contributed by atoms with Crippen molar-refractivity contribution in [2.75, 3.05) is 26.7 Å². The quantitative estimate of drug-likeness (QED) is 0.823. The van der Waals surface area contributed by atoms with Gasteiger partial charge in [0, 0.05) is 30.5 Å². The molecule has 0 radical (unpaired) electrons. The first-order chi connectivity index (χ1) is 12.2. The van der Waals surface area contributed by atoms with Crippen molar-refractivity contribution in [1.82, 2.24) is 9.80 Å². The summed E-state index contributed by atoms with van der Waals surface area (Å²) < 4.78 is 5.66. The van der Waals surface area contributed by atoms with Crippen LogP contribution < -0.4 is 4.74 Å². The summed E-state index contributed by atoms with van der Waals surface area (Å²) >= 11 is 0. The fourth-order valence-corrected chi connectivity index (χ4v) is 5.42. The van der Waals surface area contributed by atoms with E-state index in [4.69, 9.17) is 4.74 Å². The van der Waals surface area contributed by atoms with Crippen LogP contribution in [0.2, 0.25) is 0 Å². The number of nitrogens with zero attached hydrogens (tertiary/aromatic N) is 2. The number of fused-ring (bicyclic) bond motifs is 2. The Hall–Kier alpha value is -1.55. The smallest absolute Gasteiger partial charge is 0.222 e. The van der Waals surface area contributed by atoms with Gasteiger partial charge < -0.3 is 9.64 Å². The molecule has 4 heteroatoms. The molecule has 3 atom stereocenters. The number of hydrogen-bond acceptors (Lipinski definition) is 3. The summed E-state index contributed by atoms with van der Waals surface area (Å²) in [5.41, 5.74) is 1.28. The molecule has 4 aliphatic heterocycles. The Kier molecular flexibility index (Phi) is 4.72. The molecule has 1 aromatic carbocycles. The Morgan fingerprint density at radius 1 is 1.20 bits per heavy atom. The number of para-hydroxylation sites is 1. The van der Waals surface area contributed by atoms with E-state index in [2.05, 4.69) is 34.9 Å². The van der Waals surface area contributed by atoms with Crippen LogP contribution in [0.5, 0.6) is 5.75 Å². The number of carbonyl (C=O) groups is 1. The zero-order valence-corrected chi connectivity index (χ0v) is 15.5. The zero-order valence-electron chi connectivity index (χ0n) is 15.5. The van der Waals surface area contributed by atoms with E-state index in [1.165, 1.54) is 31.5 Å². The molecule has 25 heavy (non-hydrogen) atoms. The van der Waals surface area contributed by atoms with Gasteiger partial charge in [0.1, 0.15) is 5.75 Å². The van der Waals surface area contributed by atoms with Gasteiger partial charge in [-0.1, -0.05) is 31.5 Å². The van der Waals surface area contributed by atoms with Crippen LogP contribution >= 0.6 is 0 Å². The van der Waals surface area contributed by atoms with Gasteiger partial charge in [0.05, 0.1) is 13.2 Å². The van der Waals surface area contributed by atoms with Gasteiger partial charge in [-0.2, -0.15) is 0 Å². The topological polar surface area (TPSA) is 32.8 Å². The fourth-order valence-electron chi connectivity index (χ4n) is 5.42. The highest BCUT2D eigenvalue weighted by Crippen LogP contribution is 2.48. The largest absolute Gasteiger partial charge is 0.496 e. The van der Waals surface area contributed by atoms with E-state index in [9.17, 15) is 4.79 Å². The second-order valence-electron chi connectivity index (χ2n) is 7.85. The first-order valence-corrected chi connectivity index (χ1v) is 9.91. The van der Waals surface area contributed by atoms with Crippen molar-refractivity contribution in [1.29, 1.82) is 0 Å². The maximum atomic E-state index is 12.9. The van der Waals surface area contributed by atoms with Crippen LogP contribution in [0, 0.1) is 5.92 Å².